The number of carbonyl (C=O) groups excluding carboxylic acids is 1. The van der Waals surface area contributed by atoms with Crippen molar-refractivity contribution in [2.24, 2.45) is 0 Å². The third-order valence-corrected chi connectivity index (χ3v) is 5.27. The number of nitrogens with zero attached hydrogens (tertiary/aromatic N) is 1. The molecule has 0 aliphatic carbocycles. The van der Waals surface area contributed by atoms with Gasteiger partial charge in [-0.3, -0.25) is 0 Å². The Labute approximate surface area is 161 Å². The predicted octanol–water partition coefficient (Wildman–Crippen LogP) is 2.50. The second-order valence-electron chi connectivity index (χ2n) is 5.63. The van der Waals surface area contributed by atoms with Crippen molar-refractivity contribution in [3.05, 3.63) is 60.0 Å². The molecule has 0 bridgehead atoms. The van der Waals surface area contributed by atoms with Gasteiger partial charge < -0.3 is 13.9 Å². The molecule has 0 aliphatic rings. The summed E-state index contributed by atoms with van der Waals surface area (Å²) in [4.78, 5) is 16.1. The summed E-state index contributed by atoms with van der Waals surface area (Å²) in [6.07, 6.45) is 2.64. The van der Waals surface area contributed by atoms with Gasteiger partial charge in [0, 0.05) is 6.08 Å². The van der Waals surface area contributed by atoms with E-state index in [0.717, 1.165) is 0 Å². The minimum atomic E-state index is -3.71. The van der Waals surface area contributed by atoms with Crippen molar-refractivity contribution >= 4 is 33.2 Å². The molecule has 3 rings (SSSR count). The van der Waals surface area contributed by atoms with Crippen LogP contribution in [-0.4, -0.2) is 33.5 Å². The molecule has 0 radical (unpaired) electrons. The highest BCUT2D eigenvalue weighted by molar-refractivity contribution is 7.89. The summed E-state index contributed by atoms with van der Waals surface area (Å²) >= 11 is 0. The highest BCUT2D eigenvalue weighted by atomic mass is 32.2. The fourth-order valence-corrected chi connectivity index (χ4v) is 3.37. The number of sulfonamides is 1. The smallest absolute Gasteiger partial charge is 0.331 e. The number of methoxy groups -OCH3 is 1. The second-order valence-corrected chi connectivity index (χ2v) is 7.49. The molecule has 146 valence electrons. The van der Waals surface area contributed by atoms with Crippen LogP contribution < -0.4 is 9.46 Å². The average Bonchev–Trinajstić information content (AvgIpc) is 3.13. The van der Waals surface area contributed by atoms with E-state index in [1.54, 1.807) is 18.2 Å². The van der Waals surface area contributed by atoms with Crippen LogP contribution in [0.2, 0.25) is 0 Å². The maximum atomic E-state index is 12.1. The monoisotopic (exact) mass is 402 g/mol. The molecule has 0 spiro atoms. The Morgan fingerprint density at radius 1 is 1.25 bits per heavy atom. The van der Waals surface area contributed by atoms with Crippen molar-refractivity contribution in [1.29, 1.82) is 0 Å². The highest BCUT2D eigenvalue weighted by Crippen LogP contribution is 2.25. The van der Waals surface area contributed by atoms with E-state index < -0.39 is 16.0 Å². The van der Waals surface area contributed by atoms with Crippen LogP contribution in [0.25, 0.3) is 17.2 Å². The quantitative estimate of drug-likeness (QED) is 0.478. The minimum Gasteiger partial charge on any atom is -0.495 e. The molecule has 9 heteroatoms. The summed E-state index contributed by atoms with van der Waals surface area (Å²) in [5.41, 5.74) is 1.79. The molecule has 0 aliphatic heterocycles. The first-order valence-corrected chi connectivity index (χ1v) is 9.72. The van der Waals surface area contributed by atoms with E-state index in [1.807, 2.05) is 12.1 Å². The Hall–Kier alpha value is -3.17. The van der Waals surface area contributed by atoms with Crippen molar-refractivity contribution in [3.8, 4) is 5.75 Å². The van der Waals surface area contributed by atoms with E-state index in [0.29, 0.717) is 16.7 Å². The highest BCUT2D eigenvalue weighted by Gasteiger charge is 2.17. The molecule has 3 aromatic rings. The number of hydrogen-bond donors (Lipinski definition) is 1. The van der Waals surface area contributed by atoms with Gasteiger partial charge >= 0.3 is 5.97 Å². The van der Waals surface area contributed by atoms with Gasteiger partial charge in [-0.2, -0.15) is 0 Å². The SMILES string of the molecule is CNS(=O)(=O)c1cc(/C=C/C(=O)OCc2nc3ccccc3o2)ccc1OC. The van der Waals surface area contributed by atoms with Gasteiger partial charge in [0.25, 0.3) is 0 Å². The molecule has 0 fully saturated rings. The zero-order chi connectivity index (χ0) is 20.1. The molecule has 1 N–H and O–H groups in total. The summed E-state index contributed by atoms with van der Waals surface area (Å²) in [6, 6.07) is 11.8. The van der Waals surface area contributed by atoms with E-state index in [2.05, 4.69) is 9.71 Å². The van der Waals surface area contributed by atoms with E-state index in [9.17, 15) is 13.2 Å². The minimum absolute atomic E-state index is 0.0282. The maximum Gasteiger partial charge on any atom is 0.331 e. The van der Waals surface area contributed by atoms with Crippen LogP contribution in [0.3, 0.4) is 0 Å². The van der Waals surface area contributed by atoms with E-state index in [1.165, 1.54) is 38.4 Å². The largest absolute Gasteiger partial charge is 0.495 e. The lowest BCUT2D eigenvalue weighted by Crippen LogP contribution is -2.19. The van der Waals surface area contributed by atoms with Crippen LogP contribution in [0, 0.1) is 0 Å². The lowest BCUT2D eigenvalue weighted by Gasteiger charge is -2.09. The first kappa shape index (κ1) is 19.6. The molecule has 0 atom stereocenters. The normalized spacial score (nSPS) is 11.8. The van der Waals surface area contributed by atoms with Crippen LogP contribution >= 0.6 is 0 Å². The number of carbonyl (C=O) groups is 1. The molecule has 0 saturated carbocycles. The molecule has 0 unspecified atom stereocenters. The first-order valence-electron chi connectivity index (χ1n) is 8.24. The van der Waals surface area contributed by atoms with Crippen molar-refractivity contribution < 1.29 is 27.1 Å². The summed E-state index contributed by atoms with van der Waals surface area (Å²) < 4.78 is 42.0. The van der Waals surface area contributed by atoms with Gasteiger partial charge in [0.05, 0.1) is 7.11 Å². The molecule has 0 amide bonds. The Morgan fingerprint density at radius 3 is 2.75 bits per heavy atom. The van der Waals surface area contributed by atoms with Gasteiger partial charge in [-0.15, -0.1) is 0 Å². The lowest BCUT2D eigenvalue weighted by molar-refractivity contribution is -0.139. The van der Waals surface area contributed by atoms with Gasteiger partial charge in [-0.05, 0) is 43.0 Å². The van der Waals surface area contributed by atoms with Gasteiger partial charge in [0.2, 0.25) is 15.9 Å². The molecule has 28 heavy (non-hydrogen) atoms. The zero-order valence-corrected chi connectivity index (χ0v) is 16.0. The lowest BCUT2D eigenvalue weighted by atomic mass is 10.2. The van der Waals surface area contributed by atoms with Crippen LogP contribution in [0.15, 0.2) is 57.9 Å². The Kier molecular flexibility index (Phi) is 5.76. The number of rotatable bonds is 7. The number of ether oxygens (including phenoxy) is 2. The van der Waals surface area contributed by atoms with Crippen molar-refractivity contribution in [2.75, 3.05) is 14.2 Å². The Morgan fingerprint density at radius 2 is 2.04 bits per heavy atom. The maximum absolute atomic E-state index is 12.1. The summed E-state index contributed by atoms with van der Waals surface area (Å²) in [6.45, 7) is -0.111. The zero-order valence-electron chi connectivity index (χ0n) is 15.2. The fraction of sp³-hybridized carbons (Fsp3) is 0.158. The fourth-order valence-electron chi connectivity index (χ4n) is 2.44. The second kappa shape index (κ2) is 8.24. The average molecular weight is 402 g/mol. The molecule has 1 heterocycles. The molecule has 1 aromatic heterocycles. The van der Waals surface area contributed by atoms with Crippen LogP contribution in [0.5, 0.6) is 5.75 Å². The van der Waals surface area contributed by atoms with E-state index in [4.69, 9.17) is 13.9 Å². The number of oxazole rings is 1. The molecule has 8 nitrogen and oxygen atoms in total. The number of hydrogen-bond acceptors (Lipinski definition) is 7. The number of nitrogens with one attached hydrogen (secondary N) is 1. The van der Waals surface area contributed by atoms with Crippen LogP contribution in [0.1, 0.15) is 11.5 Å². The van der Waals surface area contributed by atoms with Crippen molar-refractivity contribution in [1.82, 2.24) is 9.71 Å². The molecular weight excluding hydrogens is 384 g/mol. The summed E-state index contributed by atoms with van der Waals surface area (Å²) in [5, 5.41) is 0. The molecular formula is C19H18N2O6S. The van der Waals surface area contributed by atoms with Crippen molar-refractivity contribution in [3.63, 3.8) is 0 Å². The number of fused-ring (bicyclic) bond motifs is 1. The topological polar surface area (TPSA) is 108 Å². The first-order chi connectivity index (χ1) is 13.4. The van der Waals surface area contributed by atoms with Crippen LogP contribution in [0.4, 0.5) is 0 Å². The van der Waals surface area contributed by atoms with Gasteiger partial charge in [0.15, 0.2) is 12.2 Å². The summed E-state index contributed by atoms with van der Waals surface area (Å²) in [5.74, 6) is -0.129. The third kappa shape index (κ3) is 4.38. The summed E-state index contributed by atoms with van der Waals surface area (Å²) in [7, 11) is -1.02. The Balaban J connectivity index is 1.69. The Bertz CT molecular complexity index is 1100. The van der Waals surface area contributed by atoms with Gasteiger partial charge in [0.1, 0.15) is 16.2 Å². The van der Waals surface area contributed by atoms with Crippen LogP contribution in [-0.2, 0) is 26.2 Å². The van der Waals surface area contributed by atoms with Gasteiger partial charge in [-0.1, -0.05) is 18.2 Å². The standard InChI is InChI=1S/C19H18N2O6S/c1-20-28(23,24)17-11-13(7-9-16(17)25-2)8-10-19(22)26-12-18-21-14-5-3-4-6-15(14)27-18/h3-11,20H,12H2,1-2H3/b10-8+. The van der Waals surface area contributed by atoms with Crippen molar-refractivity contribution in [2.45, 2.75) is 11.5 Å². The number of esters is 1. The predicted molar refractivity (Wildman–Crippen MR) is 102 cm³/mol. The van der Waals surface area contributed by atoms with E-state index in [-0.39, 0.29) is 23.1 Å². The number of benzene rings is 2. The van der Waals surface area contributed by atoms with E-state index >= 15 is 0 Å². The molecule has 0 saturated heterocycles. The third-order valence-electron chi connectivity index (χ3n) is 3.83. The molecule has 2 aromatic carbocycles. The van der Waals surface area contributed by atoms with Gasteiger partial charge in [-0.25, -0.2) is 22.9 Å². The number of para-hydroxylation sites is 2. The number of aromatic nitrogens is 1.